The Morgan fingerprint density at radius 1 is 1.03 bits per heavy atom. The van der Waals surface area contributed by atoms with E-state index in [0.29, 0.717) is 25.2 Å². The molecule has 9 nitrogen and oxygen atoms in total. The van der Waals surface area contributed by atoms with E-state index in [1.165, 1.54) is 25.7 Å². The molecule has 3 atom stereocenters. The summed E-state index contributed by atoms with van der Waals surface area (Å²) < 4.78 is 9.82. The molecule has 3 aromatic heterocycles. The van der Waals surface area contributed by atoms with Crippen LogP contribution in [0.2, 0.25) is 0 Å². The van der Waals surface area contributed by atoms with Crippen molar-refractivity contribution in [2.45, 2.75) is 45.2 Å². The number of nitrogens with one attached hydrogen (secondary N) is 1. The average molecular weight is 473 g/mol. The number of morpholine rings is 1. The minimum atomic E-state index is 0.619. The van der Waals surface area contributed by atoms with Gasteiger partial charge in [-0.25, -0.2) is 9.97 Å². The number of benzene rings is 1. The van der Waals surface area contributed by atoms with Crippen LogP contribution < -0.4 is 10.2 Å². The number of hydrogen-bond acceptors (Lipinski definition) is 7. The largest absolute Gasteiger partial charge is 0.378 e. The minimum Gasteiger partial charge on any atom is -0.378 e. The van der Waals surface area contributed by atoms with E-state index in [2.05, 4.69) is 32.5 Å². The van der Waals surface area contributed by atoms with Gasteiger partial charge in [-0.2, -0.15) is 9.97 Å². The topological polar surface area (TPSA) is 85.9 Å². The van der Waals surface area contributed by atoms with E-state index < -0.39 is 0 Å². The van der Waals surface area contributed by atoms with Crippen molar-refractivity contribution >= 4 is 28.0 Å². The maximum Gasteiger partial charge on any atom is 0.239 e. The van der Waals surface area contributed by atoms with Crippen molar-refractivity contribution in [3.63, 3.8) is 0 Å². The van der Waals surface area contributed by atoms with Crippen LogP contribution in [0.15, 0.2) is 24.3 Å². The molecule has 3 fully saturated rings. The molecular weight excluding hydrogens is 440 g/mol. The summed E-state index contributed by atoms with van der Waals surface area (Å²) in [7, 11) is 2.08. The molecule has 9 heteroatoms. The molecule has 1 saturated heterocycles. The number of aromatic nitrogens is 6. The van der Waals surface area contributed by atoms with Crippen LogP contribution in [0, 0.1) is 18.8 Å². The molecule has 1 aromatic carbocycles. The summed E-state index contributed by atoms with van der Waals surface area (Å²) in [6.07, 6.45) is 5.50. The zero-order valence-corrected chi connectivity index (χ0v) is 20.4. The molecule has 1 N–H and O–H groups in total. The van der Waals surface area contributed by atoms with Gasteiger partial charge in [-0.15, -0.1) is 0 Å². The summed E-state index contributed by atoms with van der Waals surface area (Å²) in [6, 6.07) is 8.77. The fraction of sp³-hybridized carbons (Fsp3) is 0.538. The Balaban J connectivity index is 1.32. The van der Waals surface area contributed by atoms with Crippen LogP contribution in [0.1, 0.15) is 37.3 Å². The first-order valence-corrected chi connectivity index (χ1v) is 12.9. The van der Waals surface area contributed by atoms with Gasteiger partial charge in [-0.1, -0.05) is 18.6 Å². The Morgan fingerprint density at radius 3 is 2.69 bits per heavy atom. The predicted molar refractivity (Wildman–Crippen MR) is 135 cm³/mol. The Bertz CT molecular complexity index is 1400. The number of rotatable bonds is 5. The first-order valence-electron chi connectivity index (χ1n) is 12.9. The number of hydrogen-bond donors (Lipinski definition) is 1. The molecule has 182 valence electrons. The van der Waals surface area contributed by atoms with Gasteiger partial charge in [0.05, 0.1) is 30.8 Å². The fourth-order valence-corrected chi connectivity index (χ4v) is 6.45. The first kappa shape index (κ1) is 21.3. The van der Waals surface area contributed by atoms with Crippen molar-refractivity contribution in [1.82, 2.24) is 34.4 Å². The number of fused-ring (bicyclic) bond motifs is 4. The molecule has 7 rings (SSSR count). The third-order valence-corrected chi connectivity index (χ3v) is 8.28. The maximum atomic E-state index is 5.63. The highest BCUT2D eigenvalue weighted by Gasteiger charge is 2.39. The molecule has 1 aliphatic heterocycles. The zero-order valence-electron chi connectivity index (χ0n) is 20.4. The molecule has 4 heterocycles. The number of imidazole rings is 2. The summed E-state index contributed by atoms with van der Waals surface area (Å²) in [4.78, 5) is 22.3. The van der Waals surface area contributed by atoms with Crippen LogP contribution in [0.25, 0.3) is 28.1 Å². The van der Waals surface area contributed by atoms with Crippen LogP contribution in [0.3, 0.4) is 0 Å². The van der Waals surface area contributed by atoms with Gasteiger partial charge < -0.3 is 19.5 Å². The Kier molecular flexibility index (Phi) is 5.02. The lowest BCUT2D eigenvalue weighted by molar-refractivity contribution is 0.122. The van der Waals surface area contributed by atoms with Crippen LogP contribution in [-0.2, 0) is 18.3 Å². The molecule has 35 heavy (non-hydrogen) atoms. The van der Waals surface area contributed by atoms with E-state index in [-0.39, 0.29) is 0 Å². The van der Waals surface area contributed by atoms with Crippen molar-refractivity contribution in [3.05, 3.63) is 35.9 Å². The normalized spacial score (nSPS) is 24.3. The van der Waals surface area contributed by atoms with Crippen molar-refractivity contribution in [3.8, 4) is 5.95 Å². The molecule has 3 aliphatic rings. The molecule has 2 saturated carbocycles. The highest BCUT2D eigenvalue weighted by molar-refractivity contribution is 5.86. The third-order valence-electron chi connectivity index (χ3n) is 8.28. The van der Waals surface area contributed by atoms with Crippen LogP contribution in [0.4, 0.5) is 5.82 Å². The Labute approximate surface area is 204 Å². The molecule has 2 bridgehead atoms. The van der Waals surface area contributed by atoms with E-state index in [1.54, 1.807) is 0 Å². The van der Waals surface area contributed by atoms with Crippen LogP contribution in [-0.4, -0.2) is 61.4 Å². The van der Waals surface area contributed by atoms with E-state index in [1.807, 2.05) is 25.1 Å². The lowest BCUT2D eigenvalue weighted by Gasteiger charge is -2.28. The molecule has 2 aliphatic carbocycles. The molecule has 0 radical (unpaired) electrons. The van der Waals surface area contributed by atoms with Crippen LogP contribution in [0.5, 0.6) is 0 Å². The zero-order chi connectivity index (χ0) is 23.5. The van der Waals surface area contributed by atoms with E-state index >= 15 is 0 Å². The number of anilines is 1. The monoisotopic (exact) mass is 472 g/mol. The van der Waals surface area contributed by atoms with Crippen LogP contribution >= 0.6 is 0 Å². The van der Waals surface area contributed by atoms with Gasteiger partial charge in [-0.05, 0) is 50.2 Å². The second-order valence-corrected chi connectivity index (χ2v) is 10.4. The average Bonchev–Trinajstić information content (AvgIpc) is 3.65. The van der Waals surface area contributed by atoms with Crippen molar-refractivity contribution in [2.24, 2.45) is 18.9 Å². The Morgan fingerprint density at radius 2 is 1.89 bits per heavy atom. The van der Waals surface area contributed by atoms with Crippen molar-refractivity contribution < 1.29 is 4.74 Å². The lowest BCUT2D eigenvalue weighted by atomic mass is 9.95. The quantitative estimate of drug-likeness (QED) is 0.478. The van der Waals surface area contributed by atoms with Gasteiger partial charge in [0.1, 0.15) is 11.6 Å². The summed E-state index contributed by atoms with van der Waals surface area (Å²) in [5.41, 5.74) is 3.68. The number of para-hydroxylation sites is 2. The number of nitrogens with zero attached hydrogens (tertiary/aromatic N) is 7. The molecule has 2 unspecified atom stereocenters. The third kappa shape index (κ3) is 3.51. The number of ether oxygens (including phenoxy) is 1. The highest BCUT2D eigenvalue weighted by Crippen LogP contribution is 2.44. The second-order valence-electron chi connectivity index (χ2n) is 10.4. The van der Waals surface area contributed by atoms with Gasteiger partial charge in [0.15, 0.2) is 17.0 Å². The lowest BCUT2D eigenvalue weighted by Crippen LogP contribution is -2.37. The fourth-order valence-electron chi connectivity index (χ4n) is 6.45. The van der Waals surface area contributed by atoms with Gasteiger partial charge >= 0.3 is 0 Å². The van der Waals surface area contributed by atoms with Gasteiger partial charge in [0, 0.05) is 26.2 Å². The predicted octanol–water partition coefficient (Wildman–Crippen LogP) is 3.13. The Hall–Kier alpha value is -3.04. The van der Waals surface area contributed by atoms with E-state index in [0.717, 1.165) is 71.1 Å². The van der Waals surface area contributed by atoms with Crippen molar-refractivity contribution in [2.75, 3.05) is 31.2 Å². The summed E-state index contributed by atoms with van der Waals surface area (Å²) in [6.45, 7) is 5.75. The SMILES string of the molecule is Cc1nc2ccccc2n1-c1nc(N2CCOCC2)c2nc(CNC3C[C@@H]4CCC3C4)n(C)c2n1. The van der Waals surface area contributed by atoms with E-state index in [9.17, 15) is 0 Å². The molecule has 0 spiro atoms. The summed E-state index contributed by atoms with van der Waals surface area (Å²) >= 11 is 0. The number of aryl methyl sites for hydroxylation is 2. The molecular formula is C26H32N8O. The summed E-state index contributed by atoms with van der Waals surface area (Å²) in [5.74, 6) is 5.16. The summed E-state index contributed by atoms with van der Waals surface area (Å²) in [5, 5.41) is 3.83. The van der Waals surface area contributed by atoms with Gasteiger partial charge in [-0.3, -0.25) is 4.57 Å². The van der Waals surface area contributed by atoms with Crippen molar-refractivity contribution in [1.29, 1.82) is 0 Å². The minimum absolute atomic E-state index is 0.619. The van der Waals surface area contributed by atoms with Gasteiger partial charge in [0.2, 0.25) is 5.95 Å². The van der Waals surface area contributed by atoms with Gasteiger partial charge in [0.25, 0.3) is 0 Å². The maximum absolute atomic E-state index is 5.63. The smallest absolute Gasteiger partial charge is 0.239 e. The molecule has 4 aromatic rings. The highest BCUT2D eigenvalue weighted by atomic mass is 16.5. The standard InChI is InChI=1S/C26H32N8O/c1-16-28-19-5-3-4-6-21(19)34(16)26-30-24-23(25(31-26)33-9-11-35-12-10-33)29-22(32(24)2)15-27-20-14-17-7-8-18(20)13-17/h3-6,17-18,20,27H,7-15H2,1-2H3/t17-,18?,20?/m1/s1. The first-order chi connectivity index (χ1) is 17.2. The second kappa shape index (κ2) is 8.27. The molecule has 0 amide bonds. The van der Waals surface area contributed by atoms with E-state index in [4.69, 9.17) is 24.7 Å².